The Balaban J connectivity index is 0.00000225. The SMILES string of the molecule is CN=C(NCCc1cc(F)ccc1F)NC1CC(C)N(C2CC2)C1.I. The van der Waals surface area contributed by atoms with Crippen LogP contribution in [0.1, 0.15) is 31.7 Å². The quantitative estimate of drug-likeness (QED) is 0.400. The van der Waals surface area contributed by atoms with Gasteiger partial charge in [-0.25, -0.2) is 8.78 Å². The lowest BCUT2D eigenvalue weighted by atomic mass is 10.1. The van der Waals surface area contributed by atoms with E-state index in [9.17, 15) is 8.78 Å². The first-order chi connectivity index (χ1) is 11.6. The van der Waals surface area contributed by atoms with Gasteiger partial charge in [-0.3, -0.25) is 9.89 Å². The minimum absolute atomic E-state index is 0. The molecule has 2 aliphatic rings. The molecule has 2 atom stereocenters. The van der Waals surface area contributed by atoms with Gasteiger partial charge in [0.1, 0.15) is 11.6 Å². The molecule has 0 amide bonds. The van der Waals surface area contributed by atoms with E-state index in [0.717, 1.165) is 31.0 Å². The summed E-state index contributed by atoms with van der Waals surface area (Å²) in [5.74, 6) is -0.0542. The summed E-state index contributed by atoms with van der Waals surface area (Å²) >= 11 is 0. The molecule has 1 aliphatic carbocycles. The zero-order valence-corrected chi connectivity index (χ0v) is 17.1. The summed E-state index contributed by atoms with van der Waals surface area (Å²) in [5.41, 5.74) is 0.382. The third-order valence-electron chi connectivity index (χ3n) is 4.90. The molecule has 2 N–H and O–H groups in total. The van der Waals surface area contributed by atoms with Crippen molar-refractivity contribution in [2.45, 2.75) is 50.7 Å². The van der Waals surface area contributed by atoms with E-state index in [2.05, 4.69) is 27.4 Å². The van der Waals surface area contributed by atoms with E-state index in [0.29, 0.717) is 30.6 Å². The summed E-state index contributed by atoms with van der Waals surface area (Å²) in [6, 6.07) is 5.33. The summed E-state index contributed by atoms with van der Waals surface area (Å²) < 4.78 is 26.8. The summed E-state index contributed by atoms with van der Waals surface area (Å²) in [6.07, 6.45) is 4.17. The molecule has 0 aromatic heterocycles. The maximum Gasteiger partial charge on any atom is 0.191 e. The molecule has 1 aromatic rings. The maximum absolute atomic E-state index is 13.6. The first-order valence-corrected chi connectivity index (χ1v) is 8.73. The van der Waals surface area contributed by atoms with Gasteiger partial charge in [0.2, 0.25) is 0 Å². The van der Waals surface area contributed by atoms with E-state index in [1.54, 1.807) is 7.05 Å². The summed E-state index contributed by atoms with van der Waals surface area (Å²) in [4.78, 5) is 6.82. The molecule has 0 radical (unpaired) electrons. The fraction of sp³-hybridized carbons (Fsp3) is 0.611. The van der Waals surface area contributed by atoms with E-state index >= 15 is 0 Å². The number of likely N-dealkylation sites (tertiary alicyclic amines) is 1. The van der Waals surface area contributed by atoms with Gasteiger partial charge >= 0.3 is 0 Å². The molecule has 2 fully saturated rings. The molecule has 1 saturated carbocycles. The van der Waals surface area contributed by atoms with Crippen LogP contribution in [0.15, 0.2) is 23.2 Å². The van der Waals surface area contributed by atoms with Crippen LogP contribution in [0.4, 0.5) is 8.78 Å². The van der Waals surface area contributed by atoms with Gasteiger partial charge in [0.25, 0.3) is 0 Å². The van der Waals surface area contributed by atoms with Crippen LogP contribution in [0.3, 0.4) is 0 Å². The average Bonchev–Trinajstić information content (AvgIpc) is 3.33. The van der Waals surface area contributed by atoms with Crippen molar-refractivity contribution in [2.24, 2.45) is 4.99 Å². The highest BCUT2D eigenvalue weighted by atomic mass is 127. The minimum atomic E-state index is -0.408. The Bertz CT molecular complexity index is 607. The second-order valence-corrected chi connectivity index (χ2v) is 6.84. The highest BCUT2D eigenvalue weighted by molar-refractivity contribution is 14.0. The number of hydrogen-bond donors (Lipinski definition) is 2. The second kappa shape index (κ2) is 9.12. The molecule has 1 aliphatic heterocycles. The second-order valence-electron chi connectivity index (χ2n) is 6.84. The standard InChI is InChI=1S/C18H26F2N4.HI/c1-12-9-15(11-24(12)16-4-5-16)23-18(21-2)22-8-7-13-10-14(19)3-6-17(13)20;/h3,6,10,12,15-16H,4-5,7-9,11H2,1-2H3,(H2,21,22,23);1H. The van der Waals surface area contributed by atoms with Gasteiger partial charge in [-0.15, -0.1) is 24.0 Å². The number of benzene rings is 1. The van der Waals surface area contributed by atoms with E-state index in [1.165, 1.54) is 25.0 Å². The van der Waals surface area contributed by atoms with Crippen molar-refractivity contribution in [3.63, 3.8) is 0 Å². The molecule has 0 spiro atoms. The van der Waals surface area contributed by atoms with Crippen molar-refractivity contribution >= 4 is 29.9 Å². The molecule has 25 heavy (non-hydrogen) atoms. The van der Waals surface area contributed by atoms with Gasteiger partial charge in [-0.05, 0) is 56.4 Å². The normalized spacial score (nSPS) is 24.1. The monoisotopic (exact) mass is 464 g/mol. The van der Waals surface area contributed by atoms with E-state index < -0.39 is 5.82 Å². The van der Waals surface area contributed by atoms with Gasteiger partial charge < -0.3 is 10.6 Å². The van der Waals surface area contributed by atoms with Crippen molar-refractivity contribution in [2.75, 3.05) is 20.1 Å². The van der Waals surface area contributed by atoms with Crippen LogP contribution < -0.4 is 10.6 Å². The van der Waals surface area contributed by atoms with Gasteiger partial charge in [0, 0.05) is 38.3 Å². The zero-order chi connectivity index (χ0) is 17.1. The van der Waals surface area contributed by atoms with E-state index in [-0.39, 0.29) is 29.8 Å². The molecule has 2 unspecified atom stereocenters. The van der Waals surface area contributed by atoms with Gasteiger partial charge in [-0.2, -0.15) is 0 Å². The van der Waals surface area contributed by atoms with Gasteiger partial charge in [0.15, 0.2) is 5.96 Å². The number of nitrogens with zero attached hydrogens (tertiary/aromatic N) is 2. The predicted octanol–water partition coefficient (Wildman–Crippen LogP) is 2.92. The molecule has 7 heteroatoms. The molecule has 1 aromatic carbocycles. The Morgan fingerprint density at radius 1 is 1.32 bits per heavy atom. The number of guanidine groups is 1. The van der Waals surface area contributed by atoms with Crippen LogP contribution in [-0.2, 0) is 6.42 Å². The van der Waals surface area contributed by atoms with Crippen LogP contribution in [0.5, 0.6) is 0 Å². The fourth-order valence-corrected chi connectivity index (χ4v) is 3.51. The molecular formula is C18H27F2IN4. The molecule has 0 bridgehead atoms. The topological polar surface area (TPSA) is 39.7 Å². The van der Waals surface area contributed by atoms with Crippen molar-refractivity contribution in [3.05, 3.63) is 35.4 Å². The van der Waals surface area contributed by atoms with Crippen LogP contribution >= 0.6 is 24.0 Å². The van der Waals surface area contributed by atoms with Gasteiger partial charge in [-0.1, -0.05) is 0 Å². The highest BCUT2D eigenvalue weighted by Crippen LogP contribution is 2.33. The summed E-state index contributed by atoms with van der Waals surface area (Å²) in [5, 5.41) is 6.65. The summed E-state index contributed by atoms with van der Waals surface area (Å²) in [6.45, 7) is 3.84. The Labute approximate surface area is 165 Å². The van der Waals surface area contributed by atoms with E-state index in [4.69, 9.17) is 0 Å². The maximum atomic E-state index is 13.6. The smallest absolute Gasteiger partial charge is 0.191 e. The van der Waals surface area contributed by atoms with Crippen LogP contribution in [0, 0.1) is 11.6 Å². The third kappa shape index (κ3) is 5.51. The number of hydrogen-bond acceptors (Lipinski definition) is 2. The molecular weight excluding hydrogens is 437 g/mol. The van der Waals surface area contributed by atoms with Crippen molar-refractivity contribution in [1.82, 2.24) is 15.5 Å². The molecule has 1 heterocycles. The fourth-order valence-electron chi connectivity index (χ4n) is 3.51. The molecule has 1 saturated heterocycles. The third-order valence-corrected chi connectivity index (χ3v) is 4.90. The summed E-state index contributed by atoms with van der Waals surface area (Å²) in [7, 11) is 1.73. The van der Waals surface area contributed by atoms with Gasteiger partial charge in [0.05, 0.1) is 0 Å². The lowest BCUT2D eigenvalue weighted by Crippen LogP contribution is -2.45. The number of nitrogens with one attached hydrogen (secondary N) is 2. The Morgan fingerprint density at radius 2 is 2.08 bits per heavy atom. The average molecular weight is 464 g/mol. The van der Waals surface area contributed by atoms with Crippen LogP contribution in [-0.4, -0.2) is 49.1 Å². The largest absolute Gasteiger partial charge is 0.356 e. The highest BCUT2D eigenvalue weighted by Gasteiger charge is 2.38. The first-order valence-electron chi connectivity index (χ1n) is 8.73. The van der Waals surface area contributed by atoms with Crippen molar-refractivity contribution < 1.29 is 8.78 Å². The molecule has 3 rings (SSSR count). The molecule has 4 nitrogen and oxygen atoms in total. The van der Waals surface area contributed by atoms with Crippen molar-refractivity contribution in [3.8, 4) is 0 Å². The Morgan fingerprint density at radius 3 is 2.76 bits per heavy atom. The lowest BCUT2D eigenvalue weighted by molar-refractivity contribution is 0.256. The van der Waals surface area contributed by atoms with Crippen molar-refractivity contribution in [1.29, 1.82) is 0 Å². The first kappa shape index (κ1) is 20.4. The Hall–Kier alpha value is -0.960. The number of rotatable bonds is 5. The number of aliphatic imine (C=N–C) groups is 1. The minimum Gasteiger partial charge on any atom is -0.356 e. The zero-order valence-electron chi connectivity index (χ0n) is 14.8. The molecule has 140 valence electrons. The predicted molar refractivity (Wildman–Crippen MR) is 108 cm³/mol. The lowest BCUT2D eigenvalue weighted by Gasteiger charge is -2.20. The van der Waals surface area contributed by atoms with Crippen LogP contribution in [0.2, 0.25) is 0 Å². The number of halogens is 3. The van der Waals surface area contributed by atoms with E-state index in [1.807, 2.05) is 0 Å². The Kier molecular flexibility index (Phi) is 7.42. The van der Waals surface area contributed by atoms with Crippen LogP contribution in [0.25, 0.3) is 0 Å².